The Balaban J connectivity index is -0.0000000200. The average Bonchev–Trinajstić information content (AvgIpc) is 0.918. The zero-order valence-corrected chi connectivity index (χ0v) is 3.71. The van der Waals surface area contributed by atoms with Gasteiger partial charge in [-0.2, -0.15) is 0 Å². The Morgan fingerprint density at radius 3 is 1.40 bits per heavy atom. The van der Waals surface area contributed by atoms with Crippen LogP contribution in [-0.4, -0.2) is 0 Å². The van der Waals surface area contributed by atoms with Gasteiger partial charge in [0, 0.05) is 0 Å². The fraction of sp³-hybridized carbons (Fsp3) is 0. The van der Waals surface area contributed by atoms with E-state index in [0.29, 0.717) is 0 Å². The monoisotopic (exact) mass is 52.0 g/mol. The Labute approximate surface area is 57.1 Å². The fourth-order valence-electron chi connectivity index (χ4n) is 0. The second-order valence-corrected chi connectivity index (χ2v) is 0.177. The molecule has 0 aliphatic carbocycles. The first kappa shape index (κ1) is 17.5. The Morgan fingerprint density at radius 1 is 1.40 bits per heavy atom. The normalized spacial score (nSPS) is 1.40. The molecule has 0 nitrogen and oxygen atoms in total. The summed E-state index contributed by atoms with van der Waals surface area (Å²) in [5.74, 6) is 1.75. The molecule has 2 heteroatoms. The Morgan fingerprint density at radius 2 is 1.40 bits per heavy atom. The summed E-state index contributed by atoms with van der Waals surface area (Å²) >= 11 is 0. The van der Waals surface area contributed by atoms with Gasteiger partial charge in [-0.3, -0.25) is 0 Å². The molecule has 0 aliphatic rings. The van der Waals surface area contributed by atoms with Crippen molar-refractivity contribution < 1.29 is 37.7 Å². The van der Waals surface area contributed by atoms with Crippen LogP contribution in [0.3, 0.4) is 0 Å². The molecule has 0 rings (SSSR count). The molecular formula is C3H2Li2. The minimum Gasteiger partial charge on any atom is -0.729 e. The van der Waals surface area contributed by atoms with Gasteiger partial charge >= 0.3 is 37.7 Å². The van der Waals surface area contributed by atoms with Crippen molar-refractivity contribution >= 4 is 0 Å². The van der Waals surface area contributed by atoms with E-state index in [2.05, 4.69) is 6.92 Å². The van der Waals surface area contributed by atoms with Crippen molar-refractivity contribution in [1.82, 2.24) is 0 Å². The van der Waals surface area contributed by atoms with Gasteiger partial charge in [-0.05, 0) is 0 Å². The summed E-state index contributed by atoms with van der Waals surface area (Å²) in [6.07, 6.45) is 5.85. The van der Waals surface area contributed by atoms with Crippen LogP contribution >= 0.6 is 0 Å². The zero-order valence-electron chi connectivity index (χ0n) is 3.71. The van der Waals surface area contributed by atoms with E-state index >= 15 is 0 Å². The van der Waals surface area contributed by atoms with Crippen LogP contribution in [0, 0.1) is 19.3 Å². The number of hydrogen-bond donors (Lipinski definition) is 0. The van der Waals surface area contributed by atoms with Gasteiger partial charge in [-0.1, -0.05) is 0 Å². The number of rotatable bonds is 0. The molecule has 0 atom stereocenters. The minimum absolute atomic E-state index is 0. The van der Waals surface area contributed by atoms with Gasteiger partial charge in [0.15, 0.2) is 0 Å². The standard InChI is InChI=1S/C3H2.2Li/c1-3-2;;/h1H2;;/q-2;2*+1. The van der Waals surface area contributed by atoms with Gasteiger partial charge in [0.2, 0.25) is 0 Å². The molecule has 0 aromatic carbocycles. The van der Waals surface area contributed by atoms with E-state index in [1.54, 1.807) is 5.92 Å². The maximum atomic E-state index is 5.85. The molecule has 0 radical (unpaired) electrons. The maximum absolute atomic E-state index is 5.85. The molecule has 0 aromatic heterocycles. The summed E-state index contributed by atoms with van der Waals surface area (Å²) in [7, 11) is 0. The minimum atomic E-state index is 0. The largest absolute Gasteiger partial charge is 1.00 e. The van der Waals surface area contributed by atoms with E-state index in [4.69, 9.17) is 6.42 Å². The fourth-order valence-corrected chi connectivity index (χ4v) is 0. The summed E-state index contributed by atoms with van der Waals surface area (Å²) in [6, 6.07) is 0. The smallest absolute Gasteiger partial charge is 0.729 e. The summed E-state index contributed by atoms with van der Waals surface area (Å²) in [6.45, 7) is 2.90. The molecule has 0 fully saturated rings. The van der Waals surface area contributed by atoms with Gasteiger partial charge < -0.3 is 19.3 Å². The third kappa shape index (κ3) is 81.6. The third-order valence-electron chi connectivity index (χ3n) is 0. The SMILES string of the molecule is [C-]#C[CH2-].[Li+].[Li+]. The molecule has 5 heavy (non-hydrogen) atoms. The van der Waals surface area contributed by atoms with Gasteiger partial charge in [0.05, 0.1) is 0 Å². The molecule has 16 valence electrons. The van der Waals surface area contributed by atoms with Crippen LogP contribution in [0.4, 0.5) is 0 Å². The summed E-state index contributed by atoms with van der Waals surface area (Å²) in [4.78, 5) is 0. The molecule has 0 bridgehead atoms. The second kappa shape index (κ2) is 23.0. The van der Waals surface area contributed by atoms with Crippen molar-refractivity contribution in [2.24, 2.45) is 0 Å². The van der Waals surface area contributed by atoms with Gasteiger partial charge in [-0.15, -0.1) is 0 Å². The van der Waals surface area contributed by atoms with Crippen molar-refractivity contribution in [1.29, 1.82) is 0 Å². The van der Waals surface area contributed by atoms with E-state index < -0.39 is 0 Å². The first-order valence-electron chi connectivity index (χ1n) is 0.604. The van der Waals surface area contributed by atoms with Crippen molar-refractivity contribution in [2.75, 3.05) is 0 Å². The molecular weight excluding hydrogens is 49.9 g/mol. The van der Waals surface area contributed by atoms with E-state index in [-0.39, 0.29) is 37.7 Å². The number of hydrogen-bond acceptors (Lipinski definition) is 0. The van der Waals surface area contributed by atoms with E-state index in [1.165, 1.54) is 0 Å². The molecule has 0 saturated carbocycles. The third-order valence-corrected chi connectivity index (χ3v) is 0. The van der Waals surface area contributed by atoms with Crippen LogP contribution in [0.1, 0.15) is 0 Å². The Kier molecular flexibility index (Phi) is 80.4. The van der Waals surface area contributed by atoms with Crippen LogP contribution in [-0.2, 0) is 0 Å². The summed E-state index contributed by atoms with van der Waals surface area (Å²) < 4.78 is 0. The van der Waals surface area contributed by atoms with Gasteiger partial charge in [0.1, 0.15) is 0 Å². The molecule has 0 amide bonds. The first-order chi connectivity index (χ1) is 1.41. The predicted octanol–water partition coefficient (Wildman–Crippen LogP) is -5.58. The predicted molar refractivity (Wildman–Crippen MR) is 12.5 cm³/mol. The Bertz CT molecular complexity index is 26.4. The molecule has 0 saturated heterocycles. The van der Waals surface area contributed by atoms with Crippen LogP contribution in [0.15, 0.2) is 0 Å². The van der Waals surface area contributed by atoms with Crippen molar-refractivity contribution in [3.8, 4) is 5.92 Å². The van der Waals surface area contributed by atoms with Crippen molar-refractivity contribution in [3.05, 3.63) is 13.3 Å². The molecule has 0 spiro atoms. The zero-order chi connectivity index (χ0) is 2.71. The van der Waals surface area contributed by atoms with Gasteiger partial charge in [-0.25, -0.2) is 0 Å². The van der Waals surface area contributed by atoms with E-state index in [1.807, 2.05) is 0 Å². The quantitative estimate of drug-likeness (QED) is 0.146. The first-order valence-corrected chi connectivity index (χ1v) is 0.604. The Hall–Kier alpha value is 0.625. The molecule has 0 heterocycles. The van der Waals surface area contributed by atoms with E-state index in [0.717, 1.165) is 0 Å². The van der Waals surface area contributed by atoms with Crippen LogP contribution < -0.4 is 37.7 Å². The topological polar surface area (TPSA) is 0 Å². The van der Waals surface area contributed by atoms with Crippen molar-refractivity contribution in [2.45, 2.75) is 0 Å². The van der Waals surface area contributed by atoms with Crippen LogP contribution in [0.25, 0.3) is 0 Å². The van der Waals surface area contributed by atoms with Gasteiger partial charge in [0.25, 0.3) is 0 Å². The maximum Gasteiger partial charge on any atom is 1.00 e. The van der Waals surface area contributed by atoms with Crippen LogP contribution in [0.5, 0.6) is 0 Å². The van der Waals surface area contributed by atoms with E-state index in [9.17, 15) is 0 Å². The summed E-state index contributed by atoms with van der Waals surface area (Å²) in [5.41, 5.74) is 0. The summed E-state index contributed by atoms with van der Waals surface area (Å²) in [5, 5.41) is 0. The molecule has 0 aromatic rings. The molecule has 0 unspecified atom stereocenters. The molecule has 0 aliphatic heterocycles. The second-order valence-electron chi connectivity index (χ2n) is 0.177. The average molecular weight is 51.9 g/mol. The van der Waals surface area contributed by atoms with Crippen molar-refractivity contribution in [3.63, 3.8) is 0 Å². The van der Waals surface area contributed by atoms with Crippen LogP contribution in [0.2, 0.25) is 0 Å². The molecule has 0 N–H and O–H groups in total.